The van der Waals surface area contributed by atoms with Crippen molar-refractivity contribution in [3.63, 3.8) is 0 Å². The molecule has 0 amide bonds. The average Bonchev–Trinajstić information content (AvgIpc) is 2.39. The molecule has 0 spiro atoms. The third-order valence-corrected chi connectivity index (χ3v) is 11.6. The van der Waals surface area contributed by atoms with Gasteiger partial charge in [-0.15, -0.1) is 0 Å². The van der Waals surface area contributed by atoms with Gasteiger partial charge in [0.1, 0.15) is 0 Å². The van der Waals surface area contributed by atoms with Crippen LogP contribution in [0.25, 0.3) is 6.05 Å². The molecule has 0 nitrogen and oxygen atoms in total. The van der Waals surface area contributed by atoms with Crippen LogP contribution in [-0.2, 0) is 6.42 Å². The predicted molar refractivity (Wildman–Crippen MR) is 80.4 cm³/mol. The van der Waals surface area contributed by atoms with E-state index < -0.39 is 13.3 Å². The van der Waals surface area contributed by atoms with E-state index in [4.69, 9.17) is 1.37 Å². The van der Waals surface area contributed by atoms with Crippen LogP contribution < -0.4 is 4.40 Å². The topological polar surface area (TPSA) is 0 Å². The number of hydrogen-bond acceptors (Lipinski definition) is 0. The summed E-state index contributed by atoms with van der Waals surface area (Å²) in [4.78, 5) is 0. The normalized spacial score (nSPS) is 19.3. The number of hydrogen-bond donors (Lipinski definition) is 0. The van der Waals surface area contributed by atoms with Gasteiger partial charge in [-0.2, -0.15) is 0 Å². The van der Waals surface area contributed by atoms with Gasteiger partial charge in [0.2, 0.25) is 0 Å². The van der Waals surface area contributed by atoms with E-state index >= 15 is 0 Å². The van der Waals surface area contributed by atoms with Crippen LogP contribution in [0, 0.1) is 5.41 Å². The molecule has 0 N–H and O–H groups in total. The summed E-state index contributed by atoms with van der Waals surface area (Å²) in [7, 11) is 0. The molecule has 0 saturated heterocycles. The summed E-state index contributed by atoms with van der Waals surface area (Å²) in [6.45, 7) is 9.02. The van der Waals surface area contributed by atoms with Crippen molar-refractivity contribution in [2.75, 3.05) is 0 Å². The molecule has 2 rings (SSSR count). The molecular weight excluding hydrogens is 265 g/mol. The molecule has 0 saturated carbocycles. The minimum absolute atomic E-state index is 0.330. The van der Waals surface area contributed by atoms with Gasteiger partial charge in [0.15, 0.2) is 0 Å². The Hall–Kier alpha value is -0.497. The second kappa shape index (κ2) is 4.01. The van der Waals surface area contributed by atoms with E-state index in [1.165, 1.54) is 19.9 Å². The van der Waals surface area contributed by atoms with Crippen molar-refractivity contribution >= 4 is 23.7 Å². The maximum absolute atomic E-state index is 8.25. The van der Waals surface area contributed by atoms with Gasteiger partial charge in [-0.05, 0) is 0 Å². The monoisotopic (exact) mass is 291 g/mol. The van der Waals surface area contributed by atoms with E-state index in [2.05, 4.69) is 57.4 Å². The second-order valence-corrected chi connectivity index (χ2v) is 16.5. The maximum atomic E-state index is 8.25. The molecule has 17 heavy (non-hydrogen) atoms. The van der Waals surface area contributed by atoms with Crippen LogP contribution in [-0.4, -0.2) is 13.3 Å². The molecule has 0 atom stereocenters. The standard InChI is InChI=1S/C16H24Ge/c1-12-9-14-8-7-13(11-16(2,3)4)10-15(14)17(12,5)6/h7-10H,11H2,1-6H3/i9D. The summed E-state index contributed by atoms with van der Waals surface area (Å²) in [5.74, 6) is 4.83. The number of fused-ring (bicyclic) bond motifs is 1. The third kappa shape index (κ3) is 2.52. The molecule has 0 aromatic heterocycles. The van der Waals surface area contributed by atoms with Crippen LogP contribution in [0.15, 0.2) is 22.6 Å². The molecule has 1 heterocycles. The SMILES string of the molecule is [2H]C1=[C](C)[Ge]([CH3])([CH3])[c]2cc(CC(C)(C)C)ccc21. The summed E-state index contributed by atoms with van der Waals surface area (Å²) in [6.07, 6.45) is 1.12. The number of rotatable bonds is 1. The van der Waals surface area contributed by atoms with Crippen LogP contribution >= 0.6 is 0 Å². The molecule has 1 aliphatic heterocycles. The molecule has 1 aromatic rings. The van der Waals surface area contributed by atoms with Crippen LogP contribution in [0.5, 0.6) is 0 Å². The first-order chi connectivity index (χ1) is 8.13. The van der Waals surface area contributed by atoms with Crippen LogP contribution in [0.1, 0.15) is 40.2 Å². The first-order valence-electron chi connectivity index (χ1n) is 6.95. The van der Waals surface area contributed by atoms with E-state index in [1.807, 2.05) is 0 Å². The molecule has 92 valence electrons. The van der Waals surface area contributed by atoms with Crippen molar-refractivity contribution in [2.24, 2.45) is 5.41 Å². The number of benzene rings is 1. The van der Waals surface area contributed by atoms with Gasteiger partial charge in [0.05, 0.1) is 0 Å². The van der Waals surface area contributed by atoms with E-state index in [1.54, 1.807) is 0 Å². The molecule has 1 aromatic carbocycles. The Morgan fingerprint density at radius 2 is 1.88 bits per heavy atom. The fourth-order valence-corrected chi connectivity index (χ4v) is 7.15. The van der Waals surface area contributed by atoms with Gasteiger partial charge in [-0.3, -0.25) is 0 Å². The zero-order chi connectivity index (χ0) is 13.7. The summed E-state index contributed by atoms with van der Waals surface area (Å²) in [5, 5.41) is 0. The van der Waals surface area contributed by atoms with Gasteiger partial charge in [-0.25, -0.2) is 0 Å². The Bertz CT molecular complexity index is 518. The fourth-order valence-electron chi connectivity index (χ4n) is 2.50. The quantitative estimate of drug-likeness (QED) is 0.682. The van der Waals surface area contributed by atoms with Gasteiger partial charge in [0.25, 0.3) is 0 Å². The minimum atomic E-state index is -2.09. The van der Waals surface area contributed by atoms with E-state index in [-0.39, 0.29) is 0 Å². The third-order valence-electron chi connectivity index (χ3n) is 3.75. The average molecular weight is 290 g/mol. The van der Waals surface area contributed by atoms with Gasteiger partial charge in [-0.1, -0.05) is 0 Å². The molecule has 1 heteroatoms. The number of allylic oxidation sites excluding steroid dienone is 1. The molecule has 0 radical (unpaired) electrons. The molecule has 1 aliphatic rings. The Balaban J connectivity index is 2.46. The molecule has 0 aliphatic carbocycles. The van der Waals surface area contributed by atoms with Crippen LogP contribution in [0.4, 0.5) is 0 Å². The van der Waals surface area contributed by atoms with E-state index in [0.717, 1.165) is 12.5 Å². The second-order valence-electron chi connectivity index (χ2n) is 6.99. The van der Waals surface area contributed by atoms with Crippen molar-refractivity contribution < 1.29 is 1.37 Å². The Morgan fingerprint density at radius 3 is 2.47 bits per heavy atom. The molecule has 0 unspecified atom stereocenters. The summed E-state index contributed by atoms with van der Waals surface area (Å²) in [5.41, 5.74) is 2.97. The van der Waals surface area contributed by atoms with Crippen molar-refractivity contribution in [3.8, 4) is 0 Å². The first-order valence-corrected chi connectivity index (χ1v) is 12.7. The fraction of sp³-hybridized carbons (Fsp3) is 0.500. The van der Waals surface area contributed by atoms with Crippen LogP contribution in [0.3, 0.4) is 0 Å². The van der Waals surface area contributed by atoms with Crippen molar-refractivity contribution in [2.45, 2.75) is 45.6 Å². The molecular formula is C16H24Ge. The zero-order valence-corrected chi connectivity index (χ0v) is 14.0. The van der Waals surface area contributed by atoms with Crippen LogP contribution in [0.2, 0.25) is 11.5 Å². The molecule has 0 fully saturated rings. The summed E-state index contributed by atoms with van der Waals surface area (Å²) >= 11 is -2.09. The predicted octanol–water partition coefficient (Wildman–Crippen LogP) is 4.15. The summed E-state index contributed by atoms with van der Waals surface area (Å²) in [6, 6.07) is 7.60. The van der Waals surface area contributed by atoms with Crippen molar-refractivity contribution in [1.82, 2.24) is 0 Å². The zero-order valence-electron chi connectivity index (χ0n) is 12.9. The Morgan fingerprint density at radius 1 is 1.24 bits per heavy atom. The molecule has 0 bridgehead atoms. The van der Waals surface area contributed by atoms with Gasteiger partial charge < -0.3 is 0 Å². The van der Waals surface area contributed by atoms with Gasteiger partial charge in [0, 0.05) is 0 Å². The van der Waals surface area contributed by atoms with Crippen molar-refractivity contribution in [3.05, 3.63) is 33.7 Å². The van der Waals surface area contributed by atoms with E-state index in [0.29, 0.717) is 5.41 Å². The Kier molecular flexibility index (Phi) is 2.74. The Labute approximate surface area is 110 Å². The van der Waals surface area contributed by atoms with E-state index in [9.17, 15) is 0 Å². The summed E-state index contributed by atoms with van der Waals surface area (Å²) < 4.78 is 11.1. The van der Waals surface area contributed by atoms with Crippen molar-refractivity contribution in [1.29, 1.82) is 0 Å². The first kappa shape index (κ1) is 11.6. The van der Waals surface area contributed by atoms with Gasteiger partial charge >= 0.3 is 110 Å².